The molecular formula is C12H14I2N4. The van der Waals surface area contributed by atoms with Gasteiger partial charge in [0.2, 0.25) is 0 Å². The molecule has 1 aromatic heterocycles. The van der Waals surface area contributed by atoms with Crippen LogP contribution in [-0.2, 0) is 6.54 Å². The van der Waals surface area contributed by atoms with Crippen molar-refractivity contribution in [3.8, 4) is 6.07 Å². The van der Waals surface area contributed by atoms with E-state index >= 15 is 0 Å². The van der Waals surface area contributed by atoms with Crippen LogP contribution in [-0.4, -0.2) is 21.1 Å². The first kappa shape index (κ1) is 13.1. The summed E-state index contributed by atoms with van der Waals surface area (Å²) in [5, 5.41) is 13.3. The quantitative estimate of drug-likeness (QED) is 0.677. The fourth-order valence-corrected chi connectivity index (χ4v) is 3.21. The molecular weight excluding hydrogens is 454 g/mol. The van der Waals surface area contributed by atoms with Crippen molar-refractivity contribution in [1.29, 1.82) is 5.26 Å². The predicted molar refractivity (Wildman–Crippen MR) is 84.9 cm³/mol. The second-order valence-electron chi connectivity index (χ2n) is 5.23. The fraction of sp³-hybridized carbons (Fsp3) is 0.667. The Balaban J connectivity index is 1.84. The van der Waals surface area contributed by atoms with Gasteiger partial charge in [0.1, 0.15) is 12.9 Å². The first-order valence-corrected chi connectivity index (χ1v) is 8.35. The number of nitrogens with one attached hydrogen (secondary N) is 1. The first-order chi connectivity index (χ1) is 8.64. The molecule has 0 saturated heterocycles. The summed E-state index contributed by atoms with van der Waals surface area (Å²) >= 11 is 4.54. The van der Waals surface area contributed by atoms with Crippen molar-refractivity contribution >= 4 is 45.2 Å². The molecule has 1 aromatic rings. The van der Waals surface area contributed by atoms with Gasteiger partial charge in [0.25, 0.3) is 0 Å². The lowest BCUT2D eigenvalue weighted by Crippen LogP contribution is -2.50. The van der Waals surface area contributed by atoms with Crippen LogP contribution in [0.2, 0.25) is 0 Å². The maximum Gasteiger partial charge on any atom is 0.132 e. The highest BCUT2D eigenvalue weighted by molar-refractivity contribution is 14.1. The van der Waals surface area contributed by atoms with Gasteiger partial charge < -0.3 is 4.57 Å². The van der Waals surface area contributed by atoms with Crippen molar-refractivity contribution in [2.75, 3.05) is 0 Å². The van der Waals surface area contributed by atoms with Crippen molar-refractivity contribution in [3.63, 3.8) is 0 Å². The Morgan fingerprint density at radius 3 is 2.61 bits per heavy atom. The Labute approximate surface area is 134 Å². The van der Waals surface area contributed by atoms with Crippen LogP contribution in [0.1, 0.15) is 25.7 Å². The summed E-state index contributed by atoms with van der Waals surface area (Å²) < 4.78 is 4.26. The summed E-state index contributed by atoms with van der Waals surface area (Å²) in [6.07, 6.45) is 6.64. The van der Waals surface area contributed by atoms with Crippen LogP contribution in [0.4, 0.5) is 0 Å². The maximum absolute atomic E-state index is 9.67. The highest BCUT2D eigenvalue weighted by atomic mass is 127. The van der Waals surface area contributed by atoms with E-state index in [4.69, 9.17) is 0 Å². The largest absolute Gasteiger partial charge is 0.322 e. The minimum Gasteiger partial charge on any atom is -0.322 e. The number of imidazole rings is 1. The number of halogens is 2. The van der Waals surface area contributed by atoms with Crippen LogP contribution in [0.5, 0.6) is 0 Å². The molecule has 1 atom stereocenters. The van der Waals surface area contributed by atoms with Crippen LogP contribution < -0.4 is 5.32 Å². The van der Waals surface area contributed by atoms with Crippen molar-refractivity contribution in [1.82, 2.24) is 14.9 Å². The standard InChI is InChI=1S/C12H14I2N4/c13-10-11(14)18(7-16-10)6-12(5-15,8-1-2-8)17-9-3-4-9/h7-9,17H,1-4,6H2. The molecule has 96 valence electrons. The molecule has 2 aliphatic carbocycles. The van der Waals surface area contributed by atoms with Crippen molar-refractivity contribution in [2.24, 2.45) is 5.92 Å². The van der Waals surface area contributed by atoms with Gasteiger partial charge in [-0.25, -0.2) is 4.98 Å². The fourth-order valence-electron chi connectivity index (χ4n) is 2.34. The van der Waals surface area contributed by atoms with Gasteiger partial charge in [-0.3, -0.25) is 5.32 Å². The predicted octanol–water partition coefficient (Wildman–Crippen LogP) is 2.52. The molecule has 6 heteroatoms. The molecule has 3 rings (SSSR count). The molecule has 1 unspecified atom stereocenters. The zero-order chi connectivity index (χ0) is 12.8. The van der Waals surface area contributed by atoms with Crippen LogP contribution in [0.3, 0.4) is 0 Å². The molecule has 0 bridgehead atoms. The summed E-state index contributed by atoms with van der Waals surface area (Å²) in [5.41, 5.74) is -0.384. The minimum absolute atomic E-state index is 0.384. The molecule has 0 aliphatic heterocycles. The third-order valence-electron chi connectivity index (χ3n) is 3.67. The van der Waals surface area contributed by atoms with E-state index < -0.39 is 0 Å². The SMILES string of the molecule is N#CC(Cn1cnc(I)c1I)(NC1CC1)C1CC1. The van der Waals surface area contributed by atoms with Crippen molar-refractivity contribution < 1.29 is 0 Å². The Hall–Kier alpha value is 0.120. The molecule has 2 fully saturated rings. The van der Waals surface area contributed by atoms with Gasteiger partial charge in [0.15, 0.2) is 0 Å². The molecule has 0 spiro atoms. The summed E-state index contributed by atoms with van der Waals surface area (Å²) in [6, 6.07) is 3.13. The molecule has 4 nitrogen and oxygen atoms in total. The van der Waals surface area contributed by atoms with E-state index in [1.807, 2.05) is 6.33 Å². The summed E-state index contributed by atoms with van der Waals surface area (Å²) in [6.45, 7) is 0.721. The monoisotopic (exact) mass is 468 g/mol. The average molecular weight is 468 g/mol. The molecule has 0 amide bonds. The summed E-state index contributed by atoms with van der Waals surface area (Å²) in [7, 11) is 0. The van der Waals surface area contributed by atoms with Crippen LogP contribution >= 0.6 is 45.2 Å². The minimum atomic E-state index is -0.384. The molecule has 1 heterocycles. The Kier molecular flexibility index (Phi) is 3.57. The number of hydrogen-bond acceptors (Lipinski definition) is 3. The Morgan fingerprint density at radius 2 is 2.17 bits per heavy atom. The van der Waals surface area contributed by atoms with E-state index in [0.717, 1.165) is 13.9 Å². The van der Waals surface area contributed by atoms with Gasteiger partial charge in [-0.1, -0.05) is 0 Å². The van der Waals surface area contributed by atoms with Crippen LogP contribution in [0.15, 0.2) is 6.33 Å². The molecule has 2 saturated carbocycles. The van der Waals surface area contributed by atoms with E-state index in [-0.39, 0.29) is 5.54 Å². The maximum atomic E-state index is 9.67. The number of nitriles is 1. The van der Waals surface area contributed by atoms with E-state index in [1.165, 1.54) is 25.7 Å². The molecule has 2 aliphatic rings. The third kappa shape index (κ3) is 2.54. The molecule has 1 N–H and O–H groups in total. The number of hydrogen-bond donors (Lipinski definition) is 1. The first-order valence-electron chi connectivity index (χ1n) is 6.20. The van der Waals surface area contributed by atoms with Crippen molar-refractivity contribution in [2.45, 2.75) is 43.8 Å². The van der Waals surface area contributed by atoms with Crippen LogP contribution in [0.25, 0.3) is 0 Å². The molecule has 0 aromatic carbocycles. The molecule has 0 radical (unpaired) electrons. The van der Waals surface area contributed by atoms with Crippen molar-refractivity contribution in [3.05, 3.63) is 13.7 Å². The van der Waals surface area contributed by atoms with E-state index in [1.54, 1.807) is 0 Å². The van der Waals surface area contributed by atoms with Gasteiger partial charge in [0.05, 0.1) is 18.9 Å². The second-order valence-corrected chi connectivity index (χ2v) is 7.27. The lowest BCUT2D eigenvalue weighted by atomic mass is 9.94. The van der Waals surface area contributed by atoms with Crippen LogP contribution in [0, 0.1) is 24.7 Å². The van der Waals surface area contributed by atoms with Gasteiger partial charge in [0, 0.05) is 6.04 Å². The zero-order valence-corrected chi connectivity index (χ0v) is 14.2. The average Bonchev–Trinajstić information content (AvgIpc) is 3.25. The van der Waals surface area contributed by atoms with E-state index in [9.17, 15) is 5.26 Å². The third-order valence-corrected chi connectivity index (χ3v) is 6.62. The number of aromatic nitrogens is 2. The summed E-state index contributed by atoms with van der Waals surface area (Å²) in [4.78, 5) is 4.31. The Morgan fingerprint density at radius 1 is 1.44 bits per heavy atom. The van der Waals surface area contributed by atoms with Gasteiger partial charge in [-0.2, -0.15) is 5.26 Å². The lowest BCUT2D eigenvalue weighted by Gasteiger charge is -2.29. The highest BCUT2D eigenvalue weighted by Crippen LogP contribution is 2.42. The molecule has 18 heavy (non-hydrogen) atoms. The number of rotatable bonds is 5. The lowest BCUT2D eigenvalue weighted by molar-refractivity contribution is 0.312. The zero-order valence-electron chi connectivity index (χ0n) is 9.87. The normalized spacial score (nSPS) is 22.5. The van der Waals surface area contributed by atoms with E-state index in [2.05, 4.69) is 66.1 Å². The summed E-state index contributed by atoms with van der Waals surface area (Å²) in [5.74, 6) is 0.513. The van der Waals surface area contributed by atoms with Gasteiger partial charge in [-0.05, 0) is 76.8 Å². The van der Waals surface area contributed by atoms with Gasteiger partial charge in [-0.15, -0.1) is 0 Å². The topological polar surface area (TPSA) is 53.6 Å². The van der Waals surface area contributed by atoms with Gasteiger partial charge >= 0.3 is 0 Å². The van der Waals surface area contributed by atoms with E-state index in [0.29, 0.717) is 12.0 Å². The smallest absolute Gasteiger partial charge is 0.132 e. The Bertz CT molecular complexity index is 499. The number of nitrogens with zero attached hydrogens (tertiary/aromatic N) is 3. The second kappa shape index (κ2) is 4.90. The highest BCUT2D eigenvalue weighted by Gasteiger charge is 2.48.